The van der Waals surface area contributed by atoms with Gasteiger partial charge in [-0.1, -0.05) is 0 Å². The van der Waals surface area contributed by atoms with Crippen molar-refractivity contribution in [3.8, 4) is 11.4 Å². The Labute approximate surface area is 157 Å². The molecule has 0 spiro atoms. The number of methoxy groups -OCH3 is 1. The fourth-order valence-electron chi connectivity index (χ4n) is 3.19. The van der Waals surface area contributed by atoms with Crippen LogP contribution in [0.5, 0.6) is 5.75 Å². The topological polar surface area (TPSA) is 103 Å². The van der Waals surface area contributed by atoms with Gasteiger partial charge in [0.25, 0.3) is 5.91 Å². The molecule has 1 aromatic carbocycles. The number of amides is 1. The molecule has 3 rings (SSSR count). The fourth-order valence-corrected chi connectivity index (χ4v) is 3.19. The number of carbonyl (C=O) groups excluding carboxylic acids is 1. The first-order valence-electron chi connectivity index (χ1n) is 8.87. The molecule has 2 heterocycles. The summed E-state index contributed by atoms with van der Waals surface area (Å²) in [6.45, 7) is 1.21. The largest absolute Gasteiger partial charge is 0.497 e. The second-order valence-corrected chi connectivity index (χ2v) is 6.45. The van der Waals surface area contributed by atoms with Gasteiger partial charge in [0, 0.05) is 26.0 Å². The van der Waals surface area contributed by atoms with E-state index in [4.69, 9.17) is 9.47 Å². The highest BCUT2D eigenvalue weighted by Crippen LogP contribution is 2.24. The molecule has 1 unspecified atom stereocenters. The SMILES string of the molecule is COc1ccc(-n2ccc(C(=O)NCC(C(=O)O)C3CCOCC3)n2)cc1. The van der Waals surface area contributed by atoms with Crippen LogP contribution in [0.4, 0.5) is 0 Å². The van der Waals surface area contributed by atoms with E-state index in [1.165, 1.54) is 0 Å². The summed E-state index contributed by atoms with van der Waals surface area (Å²) in [6.07, 6.45) is 3.07. The van der Waals surface area contributed by atoms with Crippen LogP contribution in [0.3, 0.4) is 0 Å². The molecule has 2 aromatic rings. The Morgan fingerprint density at radius 3 is 2.63 bits per heavy atom. The minimum Gasteiger partial charge on any atom is -0.497 e. The molecular weight excluding hydrogens is 350 g/mol. The summed E-state index contributed by atoms with van der Waals surface area (Å²) in [5.41, 5.74) is 1.03. The maximum absolute atomic E-state index is 12.4. The summed E-state index contributed by atoms with van der Waals surface area (Å²) >= 11 is 0. The van der Waals surface area contributed by atoms with Gasteiger partial charge in [-0.05, 0) is 49.1 Å². The molecule has 27 heavy (non-hydrogen) atoms. The smallest absolute Gasteiger partial charge is 0.308 e. The molecule has 0 radical (unpaired) electrons. The minimum atomic E-state index is -0.897. The molecule has 0 saturated carbocycles. The second-order valence-electron chi connectivity index (χ2n) is 6.45. The lowest BCUT2D eigenvalue weighted by Crippen LogP contribution is -2.39. The van der Waals surface area contributed by atoms with E-state index in [9.17, 15) is 14.7 Å². The van der Waals surface area contributed by atoms with Crippen molar-refractivity contribution in [2.75, 3.05) is 26.9 Å². The van der Waals surface area contributed by atoms with Crippen molar-refractivity contribution < 1.29 is 24.2 Å². The number of aliphatic carboxylic acids is 1. The quantitative estimate of drug-likeness (QED) is 0.766. The highest BCUT2D eigenvalue weighted by molar-refractivity contribution is 5.92. The predicted molar refractivity (Wildman–Crippen MR) is 97.1 cm³/mol. The number of carboxylic acid groups (broad SMARTS) is 1. The third kappa shape index (κ3) is 4.65. The molecule has 1 atom stereocenters. The Morgan fingerprint density at radius 2 is 2.00 bits per heavy atom. The molecular formula is C19H23N3O5. The number of carboxylic acids is 1. The predicted octanol–water partition coefficient (Wildman–Crippen LogP) is 1.74. The van der Waals surface area contributed by atoms with Gasteiger partial charge in [-0.2, -0.15) is 5.10 Å². The van der Waals surface area contributed by atoms with Gasteiger partial charge in [0.2, 0.25) is 0 Å². The average molecular weight is 373 g/mol. The van der Waals surface area contributed by atoms with Crippen LogP contribution in [-0.2, 0) is 9.53 Å². The van der Waals surface area contributed by atoms with E-state index in [0.717, 1.165) is 11.4 Å². The van der Waals surface area contributed by atoms with Gasteiger partial charge in [-0.3, -0.25) is 9.59 Å². The number of ether oxygens (including phenoxy) is 2. The minimum absolute atomic E-state index is 0.00778. The zero-order valence-corrected chi connectivity index (χ0v) is 15.1. The highest BCUT2D eigenvalue weighted by Gasteiger charge is 2.30. The van der Waals surface area contributed by atoms with Crippen molar-refractivity contribution in [1.82, 2.24) is 15.1 Å². The van der Waals surface area contributed by atoms with E-state index >= 15 is 0 Å². The van der Waals surface area contributed by atoms with Gasteiger partial charge >= 0.3 is 5.97 Å². The Kier molecular flexibility index (Phi) is 6.08. The molecule has 1 aliphatic heterocycles. The fraction of sp³-hybridized carbons (Fsp3) is 0.421. The van der Waals surface area contributed by atoms with Gasteiger partial charge in [0.1, 0.15) is 5.75 Å². The van der Waals surface area contributed by atoms with E-state index in [-0.39, 0.29) is 24.1 Å². The molecule has 1 saturated heterocycles. The summed E-state index contributed by atoms with van der Waals surface area (Å²) in [4.78, 5) is 23.9. The first-order valence-corrected chi connectivity index (χ1v) is 8.87. The molecule has 8 heteroatoms. The van der Waals surface area contributed by atoms with E-state index in [2.05, 4.69) is 10.4 Å². The summed E-state index contributed by atoms with van der Waals surface area (Å²) in [7, 11) is 1.59. The molecule has 2 N–H and O–H groups in total. The number of hydrogen-bond acceptors (Lipinski definition) is 5. The van der Waals surface area contributed by atoms with Crippen LogP contribution in [0.25, 0.3) is 5.69 Å². The van der Waals surface area contributed by atoms with Crippen LogP contribution >= 0.6 is 0 Å². The van der Waals surface area contributed by atoms with Crippen LogP contribution in [0.15, 0.2) is 36.5 Å². The molecule has 8 nitrogen and oxygen atoms in total. The van der Waals surface area contributed by atoms with Crippen molar-refractivity contribution >= 4 is 11.9 Å². The van der Waals surface area contributed by atoms with Crippen molar-refractivity contribution in [3.63, 3.8) is 0 Å². The Hall–Kier alpha value is -2.87. The molecule has 1 aromatic heterocycles. The normalized spacial score (nSPS) is 15.9. The number of hydrogen-bond donors (Lipinski definition) is 2. The first-order chi connectivity index (χ1) is 13.1. The number of carbonyl (C=O) groups is 2. The summed E-state index contributed by atoms with van der Waals surface area (Å²) < 4.78 is 12.0. The van der Waals surface area contributed by atoms with Gasteiger partial charge in [0.05, 0.1) is 18.7 Å². The second kappa shape index (κ2) is 8.68. The van der Waals surface area contributed by atoms with Crippen molar-refractivity contribution in [3.05, 3.63) is 42.2 Å². The van der Waals surface area contributed by atoms with Crippen LogP contribution in [0, 0.1) is 11.8 Å². The highest BCUT2D eigenvalue weighted by atomic mass is 16.5. The van der Waals surface area contributed by atoms with Gasteiger partial charge in [-0.25, -0.2) is 4.68 Å². The summed E-state index contributed by atoms with van der Waals surface area (Å²) in [6, 6.07) is 8.88. The third-order valence-corrected chi connectivity index (χ3v) is 4.79. The van der Waals surface area contributed by atoms with Crippen LogP contribution < -0.4 is 10.1 Å². The molecule has 144 valence electrons. The molecule has 1 amide bonds. The zero-order valence-electron chi connectivity index (χ0n) is 15.1. The number of benzene rings is 1. The van der Waals surface area contributed by atoms with Crippen LogP contribution in [0.2, 0.25) is 0 Å². The number of aromatic nitrogens is 2. The third-order valence-electron chi connectivity index (χ3n) is 4.79. The molecule has 1 fully saturated rings. The van der Waals surface area contributed by atoms with E-state index < -0.39 is 11.9 Å². The van der Waals surface area contributed by atoms with E-state index in [0.29, 0.717) is 26.1 Å². The van der Waals surface area contributed by atoms with E-state index in [1.807, 2.05) is 24.3 Å². The number of nitrogens with zero attached hydrogens (tertiary/aromatic N) is 2. The average Bonchev–Trinajstić information content (AvgIpc) is 3.19. The van der Waals surface area contributed by atoms with Crippen LogP contribution in [-0.4, -0.2) is 53.6 Å². The molecule has 0 aliphatic carbocycles. The lowest BCUT2D eigenvalue weighted by atomic mass is 9.86. The molecule has 1 aliphatic rings. The lowest BCUT2D eigenvalue weighted by molar-refractivity contribution is -0.144. The summed E-state index contributed by atoms with van der Waals surface area (Å²) in [5, 5.41) is 16.5. The van der Waals surface area contributed by atoms with Crippen molar-refractivity contribution in [2.24, 2.45) is 11.8 Å². The lowest BCUT2D eigenvalue weighted by Gasteiger charge is -2.27. The van der Waals surface area contributed by atoms with Crippen molar-refractivity contribution in [2.45, 2.75) is 12.8 Å². The van der Waals surface area contributed by atoms with E-state index in [1.54, 1.807) is 24.1 Å². The zero-order chi connectivity index (χ0) is 19.2. The first kappa shape index (κ1) is 18.9. The maximum Gasteiger partial charge on any atom is 0.308 e. The van der Waals surface area contributed by atoms with Crippen LogP contribution in [0.1, 0.15) is 23.3 Å². The molecule has 0 bridgehead atoms. The Balaban J connectivity index is 1.62. The number of rotatable bonds is 7. The van der Waals surface area contributed by atoms with Gasteiger partial charge in [0.15, 0.2) is 5.69 Å². The number of nitrogens with one attached hydrogen (secondary N) is 1. The Morgan fingerprint density at radius 1 is 1.30 bits per heavy atom. The monoisotopic (exact) mass is 373 g/mol. The maximum atomic E-state index is 12.4. The van der Waals surface area contributed by atoms with Crippen molar-refractivity contribution in [1.29, 1.82) is 0 Å². The summed E-state index contributed by atoms with van der Waals surface area (Å²) in [5.74, 6) is -1.17. The standard InChI is InChI=1S/C19H23N3O5/c1-26-15-4-2-14(3-5-15)22-9-6-17(21-22)18(23)20-12-16(19(24)25)13-7-10-27-11-8-13/h2-6,9,13,16H,7-8,10-12H2,1H3,(H,20,23)(H,24,25). The van der Waals surface area contributed by atoms with Gasteiger partial charge in [-0.15, -0.1) is 0 Å². The Bertz CT molecular complexity index is 781. The van der Waals surface area contributed by atoms with Gasteiger partial charge < -0.3 is 19.9 Å².